The van der Waals surface area contributed by atoms with Gasteiger partial charge in [-0.25, -0.2) is 0 Å². The molecule has 18 heavy (non-hydrogen) atoms. The highest BCUT2D eigenvalue weighted by atomic mass is 16.2. The number of amides is 2. The Morgan fingerprint density at radius 2 is 1.78 bits per heavy atom. The minimum Gasteiger partial charge on any atom is -0.355 e. The fourth-order valence-corrected chi connectivity index (χ4v) is 1.40. The highest BCUT2D eigenvalue weighted by Gasteiger charge is 2.13. The second-order valence-corrected chi connectivity index (χ2v) is 5.28. The molecule has 2 amide bonds. The molecule has 0 aromatic rings. The van der Waals surface area contributed by atoms with Gasteiger partial charge in [0.05, 0.1) is 6.54 Å². The van der Waals surface area contributed by atoms with Crippen LogP contribution in [-0.4, -0.2) is 61.9 Å². The zero-order valence-corrected chi connectivity index (χ0v) is 12.3. The lowest BCUT2D eigenvalue weighted by Crippen LogP contribution is -2.42. The van der Waals surface area contributed by atoms with Gasteiger partial charge in [-0.3, -0.25) is 9.59 Å². The third-order valence-corrected chi connectivity index (χ3v) is 2.64. The van der Waals surface area contributed by atoms with E-state index < -0.39 is 0 Å². The minimum absolute atomic E-state index is 0.0594. The summed E-state index contributed by atoms with van der Waals surface area (Å²) in [6.07, 6.45) is 0.962. The largest absolute Gasteiger partial charge is 0.355 e. The number of rotatable bonds is 8. The number of hydrogen-bond acceptors (Lipinski definition) is 3. The summed E-state index contributed by atoms with van der Waals surface area (Å²) >= 11 is 0. The molecule has 0 spiro atoms. The van der Waals surface area contributed by atoms with Crippen LogP contribution in [0.1, 0.15) is 27.2 Å². The van der Waals surface area contributed by atoms with E-state index in [2.05, 4.69) is 19.2 Å². The molecule has 0 fully saturated rings. The Bertz CT molecular complexity index is 265. The predicted octanol–water partition coefficient (Wildman–Crippen LogP) is 0.559. The molecule has 5 heteroatoms. The Morgan fingerprint density at radius 1 is 1.17 bits per heavy atom. The molecule has 0 bridgehead atoms. The summed E-state index contributed by atoms with van der Waals surface area (Å²) in [6.45, 7) is 7.91. The minimum atomic E-state index is -0.0791. The van der Waals surface area contributed by atoms with E-state index in [9.17, 15) is 9.59 Å². The van der Waals surface area contributed by atoms with Crippen LogP contribution in [0.15, 0.2) is 0 Å². The summed E-state index contributed by atoms with van der Waals surface area (Å²) in [5, 5.41) is 2.84. The van der Waals surface area contributed by atoms with E-state index >= 15 is 0 Å². The van der Waals surface area contributed by atoms with Crippen molar-refractivity contribution in [3.8, 4) is 0 Å². The Kier molecular flexibility index (Phi) is 8.37. The van der Waals surface area contributed by atoms with Gasteiger partial charge in [-0.1, -0.05) is 13.8 Å². The van der Waals surface area contributed by atoms with Gasteiger partial charge in [0.25, 0.3) is 0 Å². The Labute approximate surface area is 111 Å². The van der Waals surface area contributed by atoms with E-state index in [-0.39, 0.29) is 18.4 Å². The quantitative estimate of drug-likeness (QED) is 0.691. The number of nitrogens with zero attached hydrogens (tertiary/aromatic N) is 2. The summed E-state index contributed by atoms with van der Waals surface area (Å²) in [5.74, 6) is 0.434. The van der Waals surface area contributed by atoms with Crippen LogP contribution in [0.2, 0.25) is 0 Å². The Hall–Kier alpha value is -1.10. The van der Waals surface area contributed by atoms with E-state index in [0.29, 0.717) is 19.0 Å². The first-order valence-electron chi connectivity index (χ1n) is 6.50. The third kappa shape index (κ3) is 8.98. The van der Waals surface area contributed by atoms with Gasteiger partial charge in [-0.15, -0.1) is 0 Å². The van der Waals surface area contributed by atoms with Crippen LogP contribution < -0.4 is 5.32 Å². The first-order chi connectivity index (χ1) is 8.32. The molecule has 0 heterocycles. The van der Waals surface area contributed by atoms with E-state index in [0.717, 1.165) is 13.0 Å². The Balaban J connectivity index is 4.00. The van der Waals surface area contributed by atoms with Crippen LogP contribution in [-0.2, 0) is 9.59 Å². The molecule has 0 aromatic carbocycles. The highest BCUT2D eigenvalue weighted by molar-refractivity contribution is 5.83. The number of carbonyl (C=O) groups is 2. The lowest BCUT2D eigenvalue weighted by atomic mass is 10.1. The van der Waals surface area contributed by atoms with Gasteiger partial charge in [0.15, 0.2) is 0 Å². The van der Waals surface area contributed by atoms with Crippen LogP contribution in [0, 0.1) is 5.92 Å². The fraction of sp³-hybridized carbons (Fsp3) is 0.846. The van der Waals surface area contributed by atoms with E-state index in [4.69, 9.17) is 0 Å². The van der Waals surface area contributed by atoms with Gasteiger partial charge in [-0.2, -0.15) is 0 Å². The molecule has 0 aliphatic carbocycles. The zero-order chi connectivity index (χ0) is 14.1. The topological polar surface area (TPSA) is 52.7 Å². The summed E-state index contributed by atoms with van der Waals surface area (Å²) in [6, 6.07) is 0. The predicted molar refractivity (Wildman–Crippen MR) is 73.3 cm³/mol. The lowest BCUT2D eigenvalue weighted by molar-refractivity contribution is -0.134. The maximum atomic E-state index is 11.7. The van der Waals surface area contributed by atoms with Crippen molar-refractivity contribution in [3.63, 3.8) is 0 Å². The van der Waals surface area contributed by atoms with Crippen LogP contribution in [0.4, 0.5) is 0 Å². The first kappa shape index (κ1) is 16.9. The molecule has 0 atom stereocenters. The van der Waals surface area contributed by atoms with Gasteiger partial charge in [-0.05, 0) is 26.4 Å². The third-order valence-electron chi connectivity index (χ3n) is 2.64. The van der Waals surface area contributed by atoms with Gasteiger partial charge in [0, 0.05) is 26.6 Å². The SMILES string of the molecule is CC(=O)N(CCN(C)C)CC(=O)NCCC(C)C. The number of likely N-dealkylation sites (N-methyl/N-ethyl adjacent to an activating group) is 1. The van der Waals surface area contributed by atoms with Crippen LogP contribution in [0.5, 0.6) is 0 Å². The molecule has 0 aromatic heterocycles. The van der Waals surface area contributed by atoms with Gasteiger partial charge in [0.2, 0.25) is 11.8 Å². The maximum absolute atomic E-state index is 11.7. The van der Waals surface area contributed by atoms with Crippen LogP contribution in [0.3, 0.4) is 0 Å². The second kappa shape index (κ2) is 8.91. The van der Waals surface area contributed by atoms with E-state index in [1.807, 2.05) is 19.0 Å². The molecule has 0 aliphatic heterocycles. The van der Waals surface area contributed by atoms with E-state index in [1.165, 1.54) is 6.92 Å². The van der Waals surface area contributed by atoms with Crippen molar-refractivity contribution in [1.82, 2.24) is 15.1 Å². The van der Waals surface area contributed by atoms with Crippen molar-refractivity contribution >= 4 is 11.8 Å². The van der Waals surface area contributed by atoms with Crippen molar-refractivity contribution in [2.24, 2.45) is 5.92 Å². The summed E-state index contributed by atoms with van der Waals surface area (Å²) in [7, 11) is 3.89. The van der Waals surface area contributed by atoms with Crippen molar-refractivity contribution in [2.75, 3.05) is 40.3 Å². The van der Waals surface area contributed by atoms with Crippen LogP contribution in [0.25, 0.3) is 0 Å². The average Bonchev–Trinajstić information content (AvgIpc) is 2.22. The summed E-state index contributed by atoms with van der Waals surface area (Å²) < 4.78 is 0. The smallest absolute Gasteiger partial charge is 0.239 e. The van der Waals surface area contributed by atoms with Crippen molar-refractivity contribution < 1.29 is 9.59 Å². The molecular weight excluding hydrogens is 230 g/mol. The first-order valence-corrected chi connectivity index (χ1v) is 6.50. The lowest BCUT2D eigenvalue weighted by Gasteiger charge is -2.22. The number of nitrogens with one attached hydrogen (secondary N) is 1. The molecule has 0 saturated heterocycles. The van der Waals surface area contributed by atoms with Crippen molar-refractivity contribution in [1.29, 1.82) is 0 Å². The van der Waals surface area contributed by atoms with Crippen molar-refractivity contribution in [2.45, 2.75) is 27.2 Å². The number of hydrogen-bond donors (Lipinski definition) is 1. The monoisotopic (exact) mass is 257 g/mol. The molecule has 0 radical (unpaired) electrons. The van der Waals surface area contributed by atoms with Crippen molar-refractivity contribution in [3.05, 3.63) is 0 Å². The molecule has 0 rings (SSSR count). The molecule has 0 saturated carbocycles. The molecular formula is C13H27N3O2. The standard InChI is InChI=1S/C13H27N3O2/c1-11(2)6-7-14-13(18)10-16(12(3)17)9-8-15(4)5/h11H,6-10H2,1-5H3,(H,14,18). The normalized spacial score (nSPS) is 10.8. The average molecular weight is 257 g/mol. The summed E-state index contributed by atoms with van der Waals surface area (Å²) in [4.78, 5) is 26.6. The zero-order valence-electron chi connectivity index (χ0n) is 12.3. The second-order valence-electron chi connectivity index (χ2n) is 5.28. The van der Waals surface area contributed by atoms with Gasteiger partial charge >= 0.3 is 0 Å². The maximum Gasteiger partial charge on any atom is 0.239 e. The van der Waals surface area contributed by atoms with Gasteiger partial charge in [0.1, 0.15) is 0 Å². The molecule has 106 valence electrons. The fourth-order valence-electron chi connectivity index (χ4n) is 1.40. The Morgan fingerprint density at radius 3 is 2.22 bits per heavy atom. The van der Waals surface area contributed by atoms with Gasteiger partial charge < -0.3 is 15.1 Å². The van der Waals surface area contributed by atoms with E-state index in [1.54, 1.807) is 4.90 Å². The number of carbonyl (C=O) groups excluding carboxylic acids is 2. The molecule has 0 unspecified atom stereocenters. The highest BCUT2D eigenvalue weighted by Crippen LogP contribution is 1.96. The molecule has 5 nitrogen and oxygen atoms in total. The van der Waals surface area contributed by atoms with Crippen LogP contribution >= 0.6 is 0 Å². The molecule has 1 N–H and O–H groups in total. The summed E-state index contributed by atoms with van der Waals surface area (Å²) in [5.41, 5.74) is 0. The molecule has 0 aliphatic rings.